The number of hydrogen-bond acceptors (Lipinski definition) is 2. The van der Waals surface area contributed by atoms with Crippen molar-refractivity contribution >= 4 is 11.3 Å². The Hall–Kier alpha value is -0.340. The van der Waals surface area contributed by atoms with Gasteiger partial charge in [0.2, 0.25) is 0 Å². The molecular weight excluding hydrogens is 166 g/mol. The van der Waals surface area contributed by atoms with Crippen LogP contribution in [0.2, 0.25) is 0 Å². The van der Waals surface area contributed by atoms with Crippen molar-refractivity contribution in [3.05, 3.63) is 21.9 Å². The van der Waals surface area contributed by atoms with Crippen molar-refractivity contribution in [2.45, 2.75) is 39.8 Å². The SMILES string of the molecule is CCC(C)NCc1ccc(C)s1. The van der Waals surface area contributed by atoms with E-state index >= 15 is 0 Å². The van der Waals surface area contributed by atoms with Gasteiger partial charge in [-0.15, -0.1) is 11.3 Å². The van der Waals surface area contributed by atoms with E-state index in [0.29, 0.717) is 6.04 Å². The first-order chi connectivity index (χ1) is 5.72. The van der Waals surface area contributed by atoms with Crippen LogP contribution in [-0.2, 0) is 6.54 Å². The smallest absolute Gasteiger partial charge is 0.0302 e. The van der Waals surface area contributed by atoms with Crippen molar-refractivity contribution < 1.29 is 0 Å². The Morgan fingerprint density at radius 3 is 2.75 bits per heavy atom. The molecule has 0 aliphatic carbocycles. The fraction of sp³-hybridized carbons (Fsp3) is 0.600. The Bertz CT molecular complexity index is 229. The lowest BCUT2D eigenvalue weighted by atomic mass is 10.2. The fourth-order valence-electron chi connectivity index (χ4n) is 0.999. The van der Waals surface area contributed by atoms with Crippen molar-refractivity contribution in [1.82, 2.24) is 5.32 Å². The maximum absolute atomic E-state index is 3.47. The van der Waals surface area contributed by atoms with Crippen LogP contribution in [0.5, 0.6) is 0 Å². The minimum absolute atomic E-state index is 0.632. The third-order valence-corrected chi connectivity index (χ3v) is 3.03. The van der Waals surface area contributed by atoms with Crippen LogP contribution in [0, 0.1) is 6.92 Å². The van der Waals surface area contributed by atoms with Crippen molar-refractivity contribution in [1.29, 1.82) is 0 Å². The van der Waals surface area contributed by atoms with Gasteiger partial charge in [0.25, 0.3) is 0 Å². The Balaban J connectivity index is 2.33. The summed E-state index contributed by atoms with van der Waals surface area (Å²) in [6.45, 7) is 7.60. The standard InChI is InChI=1S/C10H17NS/c1-4-8(2)11-7-10-6-5-9(3)12-10/h5-6,8,11H,4,7H2,1-3H3. The average molecular weight is 183 g/mol. The molecule has 0 aromatic carbocycles. The minimum atomic E-state index is 0.632. The molecule has 0 aliphatic rings. The molecule has 0 aliphatic heterocycles. The normalized spacial score (nSPS) is 13.2. The van der Waals surface area contributed by atoms with Gasteiger partial charge in [-0.25, -0.2) is 0 Å². The summed E-state index contributed by atoms with van der Waals surface area (Å²) in [6, 6.07) is 5.01. The maximum Gasteiger partial charge on any atom is 0.0302 e. The molecule has 1 aromatic rings. The van der Waals surface area contributed by atoms with Crippen molar-refractivity contribution in [2.75, 3.05) is 0 Å². The predicted octanol–water partition coefficient (Wildman–Crippen LogP) is 2.94. The van der Waals surface area contributed by atoms with Gasteiger partial charge in [-0.05, 0) is 32.4 Å². The van der Waals surface area contributed by atoms with Crippen molar-refractivity contribution in [2.24, 2.45) is 0 Å². The number of nitrogens with one attached hydrogen (secondary N) is 1. The zero-order valence-electron chi connectivity index (χ0n) is 8.05. The Kier molecular flexibility index (Phi) is 3.76. The Morgan fingerprint density at radius 2 is 2.25 bits per heavy atom. The van der Waals surface area contributed by atoms with Gasteiger partial charge < -0.3 is 5.32 Å². The van der Waals surface area contributed by atoms with E-state index in [4.69, 9.17) is 0 Å². The zero-order valence-corrected chi connectivity index (χ0v) is 8.87. The molecule has 1 rings (SSSR count). The molecule has 12 heavy (non-hydrogen) atoms. The first-order valence-corrected chi connectivity index (χ1v) is 5.32. The van der Waals surface area contributed by atoms with E-state index in [0.717, 1.165) is 6.54 Å². The van der Waals surface area contributed by atoms with Gasteiger partial charge in [0, 0.05) is 22.3 Å². The molecule has 0 fully saturated rings. The van der Waals surface area contributed by atoms with Crippen LogP contribution in [0.25, 0.3) is 0 Å². The van der Waals surface area contributed by atoms with E-state index in [2.05, 4.69) is 38.2 Å². The van der Waals surface area contributed by atoms with Crippen LogP contribution in [0.15, 0.2) is 12.1 Å². The summed E-state index contributed by atoms with van der Waals surface area (Å²) in [4.78, 5) is 2.84. The molecule has 1 N–H and O–H groups in total. The second-order valence-electron chi connectivity index (χ2n) is 3.20. The van der Waals surface area contributed by atoms with E-state index in [-0.39, 0.29) is 0 Å². The molecule has 1 nitrogen and oxygen atoms in total. The molecule has 1 heterocycles. The van der Waals surface area contributed by atoms with Gasteiger partial charge in [0.05, 0.1) is 0 Å². The summed E-state index contributed by atoms with van der Waals surface area (Å²) in [7, 11) is 0. The van der Waals surface area contributed by atoms with Gasteiger partial charge in [0.1, 0.15) is 0 Å². The fourth-order valence-corrected chi connectivity index (χ4v) is 1.84. The molecule has 0 saturated carbocycles. The Labute approximate surface area is 78.8 Å². The molecule has 0 bridgehead atoms. The number of rotatable bonds is 4. The minimum Gasteiger partial charge on any atom is -0.309 e. The molecular formula is C10H17NS. The van der Waals surface area contributed by atoms with Crippen molar-refractivity contribution in [3.63, 3.8) is 0 Å². The maximum atomic E-state index is 3.47. The molecule has 2 heteroatoms. The number of thiophene rings is 1. The van der Waals surface area contributed by atoms with Crippen LogP contribution >= 0.6 is 11.3 Å². The van der Waals surface area contributed by atoms with Crippen LogP contribution in [-0.4, -0.2) is 6.04 Å². The molecule has 1 aromatic heterocycles. The second kappa shape index (κ2) is 4.63. The average Bonchev–Trinajstić information content (AvgIpc) is 2.47. The van der Waals surface area contributed by atoms with Gasteiger partial charge >= 0.3 is 0 Å². The lowest BCUT2D eigenvalue weighted by Gasteiger charge is -2.09. The topological polar surface area (TPSA) is 12.0 Å². The lowest BCUT2D eigenvalue weighted by molar-refractivity contribution is 0.537. The highest BCUT2D eigenvalue weighted by molar-refractivity contribution is 7.11. The summed E-state index contributed by atoms with van der Waals surface area (Å²) in [6.07, 6.45) is 1.20. The van der Waals surface area contributed by atoms with Gasteiger partial charge in [-0.3, -0.25) is 0 Å². The molecule has 1 atom stereocenters. The number of aryl methyl sites for hydroxylation is 1. The summed E-state index contributed by atoms with van der Waals surface area (Å²) in [5.74, 6) is 0. The van der Waals surface area contributed by atoms with E-state index in [1.54, 1.807) is 0 Å². The quantitative estimate of drug-likeness (QED) is 0.756. The molecule has 0 radical (unpaired) electrons. The summed E-state index contributed by atoms with van der Waals surface area (Å²) < 4.78 is 0. The highest BCUT2D eigenvalue weighted by atomic mass is 32.1. The van der Waals surface area contributed by atoms with E-state index in [1.165, 1.54) is 16.2 Å². The summed E-state index contributed by atoms with van der Waals surface area (Å²) >= 11 is 1.88. The monoisotopic (exact) mass is 183 g/mol. The van der Waals surface area contributed by atoms with Gasteiger partial charge in [-0.1, -0.05) is 6.92 Å². The van der Waals surface area contributed by atoms with Crippen LogP contribution in [0.4, 0.5) is 0 Å². The van der Waals surface area contributed by atoms with Crippen LogP contribution < -0.4 is 5.32 Å². The highest BCUT2D eigenvalue weighted by Crippen LogP contribution is 2.14. The van der Waals surface area contributed by atoms with Crippen LogP contribution in [0.1, 0.15) is 30.0 Å². The summed E-state index contributed by atoms with van der Waals surface area (Å²) in [5.41, 5.74) is 0. The van der Waals surface area contributed by atoms with Crippen molar-refractivity contribution in [3.8, 4) is 0 Å². The number of hydrogen-bond donors (Lipinski definition) is 1. The predicted molar refractivity (Wildman–Crippen MR) is 55.6 cm³/mol. The van der Waals surface area contributed by atoms with Gasteiger partial charge in [-0.2, -0.15) is 0 Å². The van der Waals surface area contributed by atoms with E-state index in [1.807, 2.05) is 11.3 Å². The summed E-state index contributed by atoms with van der Waals surface area (Å²) in [5, 5.41) is 3.47. The highest BCUT2D eigenvalue weighted by Gasteiger charge is 1.99. The second-order valence-corrected chi connectivity index (χ2v) is 4.58. The molecule has 68 valence electrons. The Morgan fingerprint density at radius 1 is 1.50 bits per heavy atom. The third-order valence-electron chi connectivity index (χ3n) is 2.03. The molecule has 0 spiro atoms. The van der Waals surface area contributed by atoms with E-state index in [9.17, 15) is 0 Å². The molecule has 0 amide bonds. The van der Waals surface area contributed by atoms with Crippen LogP contribution in [0.3, 0.4) is 0 Å². The zero-order chi connectivity index (χ0) is 8.97. The largest absolute Gasteiger partial charge is 0.309 e. The first kappa shape index (κ1) is 9.75. The molecule has 1 unspecified atom stereocenters. The lowest BCUT2D eigenvalue weighted by Crippen LogP contribution is -2.23. The van der Waals surface area contributed by atoms with Gasteiger partial charge in [0.15, 0.2) is 0 Å². The van der Waals surface area contributed by atoms with E-state index < -0.39 is 0 Å². The first-order valence-electron chi connectivity index (χ1n) is 4.51. The molecule has 0 saturated heterocycles. The third kappa shape index (κ3) is 2.95.